The van der Waals surface area contributed by atoms with E-state index in [0.717, 1.165) is 16.3 Å². The van der Waals surface area contributed by atoms with E-state index in [4.69, 9.17) is 10.5 Å². The van der Waals surface area contributed by atoms with Crippen molar-refractivity contribution in [3.63, 3.8) is 0 Å². The van der Waals surface area contributed by atoms with Crippen LogP contribution in [0.25, 0.3) is 5.57 Å². The molecule has 2 heterocycles. The second-order valence-electron chi connectivity index (χ2n) is 5.97. The van der Waals surface area contributed by atoms with Crippen molar-refractivity contribution in [3.8, 4) is 0 Å². The van der Waals surface area contributed by atoms with Gasteiger partial charge in [0, 0.05) is 18.0 Å². The molecule has 0 aliphatic carbocycles. The van der Waals surface area contributed by atoms with Gasteiger partial charge >= 0.3 is 6.09 Å². The van der Waals surface area contributed by atoms with Crippen molar-refractivity contribution in [3.05, 3.63) is 22.2 Å². The number of amides is 1. The van der Waals surface area contributed by atoms with Gasteiger partial charge in [-0.2, -0.15) is 0 Å². The van der Waals surface area contributed by atoms with Crippen LogP contribution in [0.2, 0.25) is 0 Å². The van der Waals surface area contributed by atoms with Crippen molar-refractivity contribution in [1.82, 2.24) is 9.88 Å². The molecule has 6 heteroatoms. The highest BCUT2D eigenvalue weighted by molar-refractivity contribution is 7.09. The fourth-order valence-corrected chi connectivity index (χ4v) is 2.67. The molecular formula is C14H21N3O2S. The first-order valence-corrected chi connectivity index (χ1v) is 7.49. The first kappa shape index (κ1) is 15.0. The average Bonchev–Trinajstić information content (AvgIpc) is 2.73. The van der Waals surface area contributed by atoms with E-state index in [2.05, 4.69) is 4.98 Å². The van der Waals surface area contributed by atoms with Crippen LogP contribution in [0.1, 0.15) is 31.5 Å². The Morgan fingerprint density at radius 1 is 1.55 bits per heavy atom. The third-order valence-electron chi connectivity index (χ3n) is 2.81. The molecule has 0 saturated heterocycles. The van der Waals surface area contributed by atoms with Crippen LogP contribution >= 0.6 is 11.3 Å². The first-order chi connectivity index (χ1) is 9.24. The van der Waals surface area contributed by atoms with Crippen LogP contribution in [0.4, 0.5) is 4.79 Å². The van der Waals surface area contributed by atoms with Crippen LogP contribution in [-0.2, 0) is 4.74 Å². The normalized spacial score (nSPS) is 19.8. The number of hydrogen-bond acceptors (Lipinski definition) is 5. The highest BCUT2D eigenvalue weighted by Crippen LogP contribution is 2.23. The van der Waals surface area contributed by atoms with Gasteiger partial charge in [0.2, 0.25) is 0 Å². The maximum absolute atomic E-state index is 12.1. The molecular weight excluding hydrogens is 274 g/mol. The Bertz CT molecular complexity index is 531. The number of nitrogens with two attached hydrogens (primary N) is 1. The van der Waals surface area contributed by atoms with Gasteiger partial charge in [-0.3, -0.25) is 0 Å². The summed E-state index contributed by atoms with van der Waals surface area (Å²) in [6.45, 7) is 8.50. The van der Waals surface area contributed by atoms with Crippen molar-refractivity contribution < 1.29 is 9.53 Å². The van der Waals surface area contributed by atoms with Crippen molar-refractivity contribution in [1.29, 1.82) is 0 Å². The number of rotatable bonds is 1. The third kappa shape index (κ3) is 3.80. The molecule has 2 N–H and O–H groups in total. The fourth-order valence-electron chi connectivity index (χ4n) is 2.03. The van der Waals surface area contributed by atoms with E-state index >= 15 is 0 Å². The van der Waals surface area contributed by atoms with Gasteiger partial charge in [0.1, 0.15) is 5.60 Å². The third-order valence-corrected chi connectivity index (χ3v) is 3.58. The molecule has 1 aliphatic heterocycles. The molecule has 0 saturated carbocycles. The van der Waals surface area contributed by atoms with Crippen LogP contribution in [-0.4, -0.2) is 40.7 Å². The molecule has 110 valence electrons. The zero-order valence-corrected chi connectivity index (χ0v) is 13.2. The zero-order chi connectivity index (χ0) is 14.9. The molecule has 0 bridgehead atoms. The smallest absolute Gasteiger partial charge is 0.410 e. The molecule has 2 rings (SSSR count). The lowest BCUT2D eigenvalue weighted by molar-refractivity contribution is 0.0265. The molecule has 1 unspecified atom stereocenters. The number of nitrogens with zero attached hydrogens (tertiary/aromatic N) is 2. The molecule has 1 aliphatic rings. The Balaban J connectivity index is 2.12. The predicted molar refractivity (Wildman–Crippen MR) is 80.6 cm³/mol. The van der Waals surface area contributed by atoms with Gasteiger partial charge in [-0.1, -0.05) is 6.08 Å². The molecule has 20 heavy (non-hydrogen) atoms. The van der Waals surface area contributed by atoms with Gasteiger partial charge in [-0.15, -0.1) is 11.3 Å². The van der Waals surface area contributed by atoms with Gasteiger partial charge in [0.05, 0.1) is 17.2 Å². The summed E-state index contributed by atoms with van der Waals surface area (Å²) < 4.78 is 5.40. The number of aromatic nitrogens is 1. The van der Waals surface area contributed by atoms with Crippen LogP contribution in [0.5, 0.6) is 0 Å². The maximum atomic E-state index is 12.1. The summed E-state index contributed by atoms with van der Waals surface area (Å²) >= 11 is 1.59. The number of aryl methyl sites for hydroxylation is 1. The summed E-state index contributed by atoms with van der Waals surface area (Å²) in [5, 5.41) is 3.00. The van der Waals surface area contributed by atoms with E-state index in [1.165, 1.54) is 0 Å². The minimum Gasteiger partial charge on any atom is -0.444 e. The number of thiazole rings is 1. The van der Waals surface area contributed by atoms with E-state index in [0.29, 0.717) is 13.1 Å². The molecule has 1 aromatic heterocycles. The lowest BCUT2D eigenvalue weighted by Gasteiger charge is -2.32. The number of hydrogen-bond donors (Lipinski definition) is 1. The van der Waals surface area contributed by atoms with Crippen molar-refractivity contribution in [2.45, 2.75) is 39.3 Å². The molecule has 1 amide bonds. The lowest BCUT2D eigenvalue weighted by atomic mass is 10.1. The Hall–Kier alpha value is -1.40. The summed E-state index contributed by atoms with van der Waals surface area (Å²) in [6.07, 6.45) is 1.65. The lowest BCUT2D eigenvalue weighted by Crippen LogP contribution is -2.46. The van der Waals surface area contributed by atoms with Gasteiger partial charge in [-0.25, -0.2) is 9.78 Å². The summed E-state index contributed by atoms with van der Waals surface area (Å²) in [6, 6.07) is -0.187. The standard InChI is InChI=1S/C14H21N3O2S/c1-9-16-12(8-20-9)10-5-11(15)7-17(6-10)13(18)19-14(2,3)4/h5,8,11H,6-7,15H2,1-4H3. The van der Waals surface area contributed by atoms with Gasteiger partial charge in [-0.05, 0) is 33.3 Å². The van der Waals surface area contributed by atoms with Crippen molar-refractivity contribution in [2.24, 2.45) is 5.73 Å². The number of carbonyl (C=O) groups excluding carboxylic acids is 1. The van der Waals surface area contributed by atoms with E-state index in [1.54, 1.807) is 16.2 Å². The van der Waals surface area contributed by atoms with Crippen LogP contribution in [0, 0.1) is 6.92 Å². The predicted octanol–water partition coefficient (Wildman–Crippen LogP) is 2.41. The Kier molecular flexibility index (Phi) is 4.15. The molecule has 0 fully saturated rings. The van der Waals surface area contributed by atoms with Crippen LogP contribution in [0.15, 0.2) is 11.5 Å². The first-order valence-electron chi connectivity index (χ1n) is 6.61. The second-order valence-corrected chi connectivity index (χ2v) is 7.03. The maximum Gasteiger partial charge on any atom is 0.410 e. The number of ether oxygens (including phenoxy) is 1. The summed E-state index contributed by atoms with van der Waals surface area (Å²) in [7, 11) is 0. The minimum absolute atomic E-state index is 0.187. The number of carbonyl (C=O) groups is 1. The van der Waals surface area contributed by atoms with E-state index in [9.17, 15) is 4.79 Å². The van der Waals surface area contributed by atoms with Gasteiger partial charge in [0.25, 0.3) is 0 Å². The Labute approximate surface area is 123 Å². The highest BCUT2D eigenvalue weighted by Gasteiger charge is 2.27. The second kappa shape index (κ2) is 5.54. The zero-order valence-electron chi connectivity index (χ0n) is 12.3. The molecule has 5 nitrogen and oxygen atoms in total. The van der Waals surface area contributed by atoms with E-state index < -0.39 is 5.60 Å². The Morgan fingerprint density at radius 3 is 2.80 bits per heavy atom. The largest absolute Gasteiger partial charge is 0.444 e. The van der Waals surface area contributed by atoms with Gasteiger partial charge in [0.15, 0.2) is 0 Å². The van der Waals surface area contributed by atoms with Gasteiger partial charge < -0.3 is 15.4 Å². The molecule has 1 aromatic rings. The quantitative estimate of drug-likeness (QED) is 0.864. The monoisotopic (exact) mass is 295 g/mol. The van der Waals surface area contributed by atoms with Crippen molar-refractivity contribution in [2.75, 3.05) is 13.1 Å². The van der Waals surface area contributed by atoms with E-state index in [1.807, 2.05) is 39.2 Å². The molecule has 1 atom stereocenters. The molecule has 0 spiro atoms. The van der Waals surface area contributed by atoms with Crippen LogP contribution in [0.3, 0.4) is 0 Å². The fraction of sp³-hybridized carbons (Fsp3) is 0.571. The highest BCUT2D eigenvalue weighted by atomic mass is 32.1. The summed E-state index contributed by atoms with van der Waals surface area (Å²) in [5.74, 6) is 0. The average molecular weight is 295 g/mol. The van der Waals surface area contributed by atoms with Crippen LogP contribution < -0.4 is 5.73 Å². The molecule has 0 aromatic carbocycles. The summed E-state index contributed by atoms with van der Waals surface area (Å²) in [5.41, 5.74) is 7.40. The van der Waals surface area contributed by atoms with E-state index in [-0.39, 0.29) is 12.1 Å². The van der Waals surface area contributed by atoms with Crippen molar-refractivity contribution >= 4 is 23.0 Å². The summed E-state index contributed by atoms with van der Waals surface area (Å²) in [4.78, 5) is 18.2. The minimum atomic E-state index is -0.500. The SMILES string of the molecule is Cc1nc(C2=CC(N)CN(C(=O)OC(C)(C)C)C2)cs1. The topological polar surface area (TPSA) is 68.5 Å². The molecule has 0 radical (unpaired) electrons. The Morgan fingerprint density at radius 2 is 2.25 bits per heavy atom.